The van der Waals surface area contributed by atoms with Crippen molar-refractivity contribution in [2.45, 2.75) is 56.4 Å². The number of fused-ring (bicyclic) bond motifs is 1. The lowest BCUT2D eigenvalue weighted by Crippen LogP contribution is -2.28. The van der Waals surface area contributed by atoms with Gasteiger partial charge in [-0.15, -0.1) is 0 Å². The molecule has 9 nitrogen and oxygen atoms in total. The molecule has 2 aliphatic rings. The van der Waals surface area contributed by atoms with Crippen molar-refractivity contribution in [2.24, 2.45) is 0 Å². The highest BCUT2D eigenvalue weighted by molar-refractivity contribution is 5.80. The minimum Gasteiger partial charge on any atom is -0.310 e. The van der Waals surface area contributed by atoms with Gasteiger partial charge in [-0.3, -0.25) is 9.78 Å². The molecule has 0 bridgehead atoms. The van der Waals surface area contributed by atoms with Crippen molar-refractivity contribution in [1.29, 1.82) is 5.26 Å². The van der Waals surface area contributed by atoms with Crippen LogP contribution >= 0.6 is 0 Å². The van der Waals surface area contributed by atoms with E-state index in [2.05, 4.69) is 25.0 Å². The molecular weight excluding hydrogens is 435 g/mol. The Labute approximate surface area is 193 Å². The van der Waals surface area contributed by atoms with Crippen molar-refractivity contribution in [3.05, 3.63) is 75.5 Å². The van der Waals surface area contributed by atoms with Crippen LogP contribution in [0.15, 0.2) is 35.5 Å². The van der Waals surface area contributed by atoms with Gasteiger partial charge in [-0.1, -0.05) is 6.07 Å². The monoisotopic (exact) mass is 456 g/mol. The molecule has 2 aliphatic carbocycles. The van der Waals surface area contributed by atoms with Gasteiger partial charge in [0.15, 0.2) is 17.2 Å². The number of hydrogen-bond donors (Lipinski definition) is 1. The lowest BCUT2D eigenvalue weighted by molar-refractivity contribution is 0.318. The fourth-order valence-corrected chi connectivity index (χ4v) is 4.66. The zero-order chi connectivity index (χ0) is 23.4. The Balaban J connectivity index is 1.40. The predicted molar refractivity (Wildman–Crippen MR) is 120 cm³/mol. The highest BCUT2D eigenvalue weighted by Gasteiger charge is 2.38. The Bertz CT molecular complexity index is 1480. The Morgan fingerprint density at radius 2 is 1.88 bits per heavy atom. The first-order valence-electron chi connectivity index (χ1n) is 11.4. The molecule has 4 aromatic heterocycles. The second kappa shape index (κ2) is 7.80. The van der Waals surface area contributed by atoms with E-state index in [1.165, 1.54) is 12.8 Å². The molecule has 34 heavy (non-hydrogen) atoms. The van der Waals surface area contributed by atoms with Crippen molar-refractivity contribution >= 4 is 11.0 Å². The summed E-state index contributed by atoms with van der Waals surface area (Å²) in [6.45, 7) is 1.95. The van der Waals surface area contributed by atoms with Crippen LogP contribution in [0.25, 0.3) is 11.0 Å². The van der Waals surface area contributed by atoms with Crippen LogP contribution in [-0.4, -0.2) is 34.7 Å². The summed E-state index contributed by atoms with van der Waals surface area (Å²) < 4.78 is 14.9. The first-order chi connectivity index (χ1) is 16.5. The number of hydrogen-bond acceptors (Lipinski definition) is 7. The molecule has 2 saturated carbocycles. The van der Waals surface area contributed by atoms with E-state index in [1.807, 2.05) is 31.3 Å². The number of aromatic nitrogens is 7. The largest absolute Gasteiger partial charge is 0.310 e. The number of pyridine rings is 1. The molecule has 0 spiro atoms. The number of halogens is 1. The molecule has 3 atom stereocenters. The minimum atomic E-state index is -0.492. The van der Waals surface area contributed by atoms with E-state index in [0.29, 0.717) is 23.2 Å². The summed E-state index contributed by atoms with van der Waals surface area (Å²) in [4.78, 5) is 33.4. The standard InChI is InChI=1S/C24H21FN8O/c1-12(14-4-7-18(27-9-14)13-2-3-13)33-23-20(19(8-26)32-33)24(34)31-22(30-23)17-6-5-16(17)21-28-10-15(25)11-29-21/h4,7,9-13,16-17H,2-3,5-6H2,1H3,(H,30,31,34)/t12-,16+,17+/m1/s1. The first-order valence-corrected chi connectivity index (χ1v) is 11.4. The predicted octanol–water partition coefficient (Wildman–Crippen LogP) is 3.46. The van der Waals surface area contributed by atoms with Crippen molar-refractivity contribution in [3.63, 3.8) is 0 Å². The number of nitrogens with zero attached hydrogens (tertiary/aromatic N) is 7. The zero-order valence-electron chi connectivity index (χ0n) is 18.4. The molecule has 0 unspecified atom stereocenters. The number of nitrogens with one attached hydrogen (secondary N) is 1. The van der Waals surface area contributed by atoms with Crippen LogP contribution in [0.4, 0.5) is 4.39 Å². The number of H-pyrrole nitrogens is 1. The summed E-state index contributed by atoms with van der Waals surface area (Å²) in [5.74, 6) is 0.928. The molecule has 0 radical (unpaired) electrons. The van der Waals surface area contributed by atoms with Gasteiger partial charge in [0.1, 0.15) is 23.1 Å². The molecule has 4 aromatic rings. The quantitative estimate of drug-likeness (QED) is 0.487. The van der Waals surface area contributed by atoms with Gasteiger partial charge in [-0.2, -0.15) is 10.4 Å². The average Bonchev–Trinajstić information content (AvgIpc) is 3.60. The third kappa shape index (κ3) is 3.36. The van der Waals surface area contributed by atoms with Crippen LogP contribution in [0.1, 0.15) is 85.0 Å². The van der Waals surface area contributed by atoms with E-state index in [1.54, 1.807) is 4.68 Å². The van der Waals surface area contributed by atoms with E-state index in [9.17, 15) is 14.4 Å². The molecule has 10 heteroatoms. The number of rotatable bonds is 5. The van der Waals surface area contributed by atoms with E-state index in [0.717, 1.165) is 36.5 Å². The van der Waals surface area contributed by atoms with Gasteiger partial charge < -0.3 is 4.98 Å². The molecular formula is C24H21FN8O. The molecule has 0 aromatic carbocycles. The van der Waals surface area contributed by atoms with Crippen LogP contribution in [-0.2, 0) is 0 Å². The van der Waals surface area contributed by atoms with Crippen LogP contribution in [0, 0.1) is 17.1 Å². The molecule has 1 N–H and O–H groups in total. The summed E-state index contributed by atoms with van der Waals surface area (Å²) in [5, 5.41) is 14.2. The molecule has 4 heterocycles. The second-order valence-corrected chi connectivity index (χ2v) is 9.07. The van der Waals surface area contributed by atoms with E-state index < -0.39 is 11.4 Å². The summed E-state index contributed by atoms with van der Waals surface area (Å²) in [6, 6.07) is 5.81. The highest BCUT2D eigenvalue weighted by atomic mass is 19.1. The third-order valence-corrected chi connectivity index (χ3v) is 6.94. The molecule has 170 valence electrons. The number of nitriles is 1. The van der Waals surface area contributed by atoms with Gasteiger partial charge in [0.05, 0.1) is 18.4 Å². The van der Waals surface area contributed by atoms with E-state index in [-0.39, 0.29) is 29.0 Å². The van der Waals surface area contributed by atoms with Gasteiger partial charge in [-0.25, -0.2) is 24.0 Å². The average molecular weight is 456 g/mol. The van der Waals surface area contributed by atoms with Crippen LogP contribution in [0.2, 0.25) is 0 Å². The summed E-state index contributed by atoms with van der Waals surface area (Å²) in [7, 11) is 0. The molecule has 0 amide bonds. The smallest absolute Gasteiger partial charge is 0.263 e. The Hall–Kier alpha value is -4.00. The van der Waals surface area contributed by atoms with Crippen molar-refractivity contribution in [1.82, 2.24) is 34.7 Å². The fourth-order valence-electron chi connectivity index (χ4n) is 4.66. The van der Waals surface area contributed by atoms with E-state index in [4.69, 9.17) is 4.98 Å². The maximum absolute atomic E-state index is 13.3. The lowest BCUT2D eigenvalue weighted by atomic mass is 9.72. The maximum Gasteiger partial charge on any atom is 0.263 e. The van der Waals surface area contributed by atoms with Gasteiger partial charge in [0.25, 0.3) is 5.56 Å². The molecule has 2 fully saturated rings. The Kier molecular flexibility index (Phi) is 4.72. The third-order valence-electron chi connectivity index (χ3n) is 6.94. The molecule has 0 aliphatic heterocycles. The van der Waals surface area contributed by atoms with Gasteiger partial charge in [0, 0.05) is 29.6 Å². The van der Waals surface area contributed by atoms with E-state index >= 15 is 0 Å². The summed E-state index contributed by atoms with van der Waals surface area (Å²) in [6.07, 6.45) is 8.10. The van der Waals surface area contributed by atoms with Crippen molar-refractivity contribution in [3.8, 4) is 6.07 Å². The van der Waals surface area contributed by atoms with Crippen LogP contribution in [0.5, 0.6) is 0 Å². The lowest BCUT2D eigenvalue weighted by Gasteiger charge is -2.34. The SMILES string of the molecule is C[C@H](c1ccc(C2CC2)nc1)n1nc(C#N)c2c(=O)[nH]c([C@H]3CC[C@@H]3c3ncc(F)cn3)nc21. The second-order valence-electron chi connectivity index (χ2n) is 9.07. The number of aromatic amines is 1. The normalized spacial score (nSPS) is 20.6. The Morgan fingerprint density at radius 3 is 2.50 bits per heavy atom. The van der Waals surface area contributed by atoms with Crippen LogP contribution in [0.3, 0.4) is 0 Å². The molecule has 0 saturated heterocycles. The van der Waals surface area contributed by atoms with Crippen molar-refractivity contribution < 1.29 is 4.39 Å². The first kappa shape index (κ1) is 20.6. The van der Waals surface area contributed by atoms with Crippen molar-refractivity contribution in [2.75, 3.05) is 0 Å². The Morgan fingerprint density at radius 1 is 1.12 bits per heavy atom. The molecule has 6 rings (SSSR count). The van der Waals surface area contributed by atoms with Gasteiger partial charge in [0.2, 0.25) is 0 Å². The zero-order valence-corrected chi connectivity index (χ0v) is 18.4. The summed E-state index contributed by atoms with van der Waals surface area (Å²) >= 11 is 0. The topological polar surface area (TPSA) is 126 Å². The fraction of sp³-hybridized carbons (Fsp3) is 0.375. The maximum atomic E-state index is 13.3. The van der Waals surface area contributed by atoms with Gasteiger partial charge in [-0.05, 0) is 44.2 Å². The van der Waals surface area contributed by atoms with Gasteiger partial charge >= 0.3 is 0 Å². The van der Waals surface area contributed by atoms with Crippen LogP contribution < -0.4 is 5.56 Å². The highest BCUT2D eigenvalue weighted by Crippen LogP contribution is 2.46. The summed E-state index contributed by atoms with van der Waals surface area (Å²) in [5.41, 5.74) is 2.01. The minimum absolute atomic E-state index is 0.0386.